The largest absolute Gasteiger partial charge is 0.465 e. The Balaban J connectivity index is 1.94. The first kappa shape index (κ1) is 13.7. The number of hydrazone groups is 1. The zero-order chi connectivity index (χ0) is 14.4. The first-order chi connectivity index (χ1) is 9.65. The Morgan fingerprint density at radius 3 is 2.70 bits per heavy atom. The number of halogens is 1. The zero-order valence-corrected chi connectivity index (χ0v) is 10.8. The molecule has 0 aliphatic carbocycles. The van der Waals surface area contributed by atoms with Crippen molar-refractivity contribution in [2.24, 2.45) is 5.10 Å². The molecule has 0 fully saturated rings. The van der Waals surface area contributed by atoms with Crippen molar-refractivity contribution in [1.82, 2.24) is 5.43 Å². The smallest absolute Gasteiger partial charge is 0.271 e. The number of carbonyl (C=O) groups excluding carboxylic acids is 1. The molecule has 1 aromatic carbocycles. The van der Waals surface area contributed by atoms with Gasteiger partial charge in [-0.2, -0.15) is 5.10 Å². The molecule has 0 atom stereocenters. The van der Waals surface area contributed by atoms with Crippen molar-refractivity contribution >= 4 is 17.7 Å². The van der Waals surface area contributed by atoms with Crippen molar-refractivity contribution < 1.29 is 13.6 Å². The number of carbonyl (C=O) groups is 1. The molecule has 1 heterocycles. The van der Waals surface area contributed by atoms with Gasteiger partial charge in [-0.05, 0) is 55.5 Å². The van der Waals surface area contributed by atoms with Crippen LogP contribution in [0.1, 0.15) is 23.0 Å². The molecule has 0 saturated carbocycles. The summed E-state index contributed by atoms with van der Waals surface area (Å²) in [7, 11) is 0. The Kier molecular flexibility index (Phi) is 4.44. The van der Waals surface area contributed by atoms with Gasteiger partial charge in [0.25, 0.3) is 5.91 Å². The predicted molar refractivity (Wildman–Crippen MR) is 74.7 cm³/mol. The molecule has 0 bridgehead atoms. The van der Waals surface area contributed by atoms with Crippen molar-refractivity contribution in [3.8, 4) is 0 Å². The second-order valence-electron chi connectivity index (χ2n) is 4.05. The van der Waals surface area contributed by atoms with Gasteiger partial charge in [-0.1, -0.05) is 0 Å². The molecular weight excluding hydrogens is 259 g/mol. The van der Waals surface area contributed by atoms with Crippen LogP contribution in [0.2, 0.25) is 0 Å². The number of nitrogens with one attached hydrogen (secondary N) is 1. The van der Waals surface area contributed by atoms with Gasteiger partial charge < -0.3 is 4.42 Å². The third-order valence-corrected chi connectivity index (χ3v) is 2.47. The van der Waals surface area contributed by atoms with Crippen molar-refractivity contribution in [2.45, 2.75) is 6.92 Å². The second kappa shape index (κ2) is 6.47. The summed E-state index contributed by atoms with van der Waals surface area (Å²) in [5.74, 6) is -0.0808. The lowest BCUT2D eigenvalue weighted by molar-refractivity contribution is 0.0955. The fourth-order valence-corrected chi connectivity index (χ4v) is 1.43. The van der Waals surface area contributed by atoms with Gasteiger partial charge in [0, 0.05) is 5.56 Å². The number of hydrogen-bond donors (Lipinski definition) is 1. The molecule has 0 aliphatic heterocycles. The van der Waals surface area contributed by atoms with Crippen molar-refractivity contribution in [3.05, 3.63) is 65.9 Å². The number of rotatable bonds is 4. The standard InChI is InChI=1S/C15H13FN2O2/c1-11(4-9-14-3-2-10-20-14)17-18-15(19)12-5-7-13(16)8-6-12/h2-10H,1H3,(H,18,19). The fraction of sp³-hybridized carbons (Fsp3) is 0.0667. The van der Waals surface area contributed by atoms with E-state index in [4.69, 9.17) is 4.42 Å². The molecule has 5 heteroatoms. The molecule has 20 heavy (non-hydrogen) atoms. The van der Waals surface area contributed by atoms with E-state index in [-0.39, 0.29) is 5.82 Å². The number of allylic oxidation sites excluding steroid dienone is 1. The summed E-state index contributed by atoms with van der Waals surface area (Å²) < 4.78 is 17.8. The second-order valence-corrected chi connectivity index (χ2v) is 4.05. The maximum absolute atomic E-state index is 12.7. The molecule has 0 spiro atoms. The zero-order valence-electron chi connectivity index (χ0n) is 10.8. The molecule has 0 saturated heterocycles. The van der Waals surface area contributed by atoms with Gasteiger partial charge in [-0.15, -0.1) is 0 Å². The number of nitrogens with zero attached hydrogens (tertiary/aromatic N) is 1. The Morgan fingerprint density at radius 1 is 1.30 bits per heavy atom. The highest BCUT2D eigenvalue weighted by atomic mass is 19.1. The lowest BCUT2D eigenvalue weighted by Crippen LogP contribution is -2.18. The molecule has 1 aromatic heterocycles. The van der Waals surface area contributed by atoms with Crippen LogP contribution in [-0.2, 0) is 0 Å². The van der Waals surface area contributed by atoms with Crippen LogP contribution in [0, 0.1) is 5.82 Å². The van der Waals surface area contributed by atoms with E-state index in [1.54, 1.807) is 37.5 Å². The molecule has 2 rings (SSSR count). The summed E-state index contributed by atoms with van der Waals surface area (Å²) in [6.07, 6.45) is 5.02. The maximum Gasteiger partial charge on any atom is 0.271 e. The Labute approximate surface area is 115 Å². The number of amides is 1. The summed E-state index contributed by atoms with van der Waals surface area (Å²) in [6, 6.07) is 8.83. The van der Waals surface area contributed by atoms with E-state index in [0.717, 1.165) is 0 Å². The van der Waals surface area contributed by atoms with Crippen molar-refractivity contribution in [2.75, 3.05) is 0 Å². The Morgan fingerprint density at radius 2 is 2.05 bits per heavy atom. The predicted octanol–water partition coefficient (Wildman–Crippen LogP) is 3.24. The maximum atomic E-state index is 12.7. The Bertz CT molecular complexity index is 628. The van der Waals surface area contributed by atoms with Crippen LogP contribution in [0.3, 0.4) is 0 Å². The molecule has 102 valence electrons. The highest BCUT2D eigenvalue weighted by Crippen LogP contribution is 2.03. The Hall–Kier alpha value is -2.69. The number of benzene rings is 1. The van der Waals surface area contributed by atoms with Gasteiger partial charge in [0.05, 0.1) is 12.0 Å². The lowest BCUT2D eigenvalue weighted by Gasteiger charge is -2.00. The third-order valence-electron chi connectivity index (χ3n) is 2.47. The average molecular weight is 272 g/mol. The molecule has 1 N–H and O–H groups in total. The monoisotopic (exact) mass is 272 g/mol. The van der Waals surface area contributed by atoms with Crippen LogP contribution in [-0.4, -0.2) is 11.6 Å². The van der Waals surface area contributed by atoms with Gasteiger partial charge >= 0.3 is 0 Å². The lowest BCUT2D eigenvalue weighted by atomic mass is 10.2. The third kappa shape index (κ3) is 3.91. The van der Waals surface area contributed by atoms with Gasteiger partial charge in [0.15, 0.2) is 0 Å². The van der Waals surface area contributed by atoms with E-state index < -0.39 is 5.91 Å². The highest BCUT2D eigenvalue weighted by Gasteiger charge is 2.03. The topological polar surface area (TPSA) is 54.6 Å². The molecule has 0 unspecified atom stereocenters. The molecule has 1 amide bonds. The van der Waals surface area contributed by atoms with E-state index >= 15 is 0 Å². The summed E-state index contributed by atoms with van der Waals surface area (Å²) in [5.41, 5.74) is 3.35. The van der Waals surface area contributed by atoms with Gasteiger partial charge in [0.1, 0.15) is 11.6 Å². The molecule has 2 aromatic rings. The minimum Gasteiger partial charge on any atom is -0.465 e. The number of hydrogen-bond acceptors (Lipinski definition) is 3. The molecular formula is C15H13FN2O2. The SMILES string of the molecule is CC(C=Cc1ccco1)=NNC(=O)c1ccc(F)cc1. The molecule has 0 radical (unpaired) electrons. The van der Waals surface area contributed by atoms with Gasteiger partial charge in [-0.25, -0.2) is 9.82 Å². The van der Waals surface area contributed by atoms with Gasteiger partial charge in [0.2, 0.25) is 0 Å². The van der Waals surface area contributed by atoms with E-state index in [1.807, 2.05) is 0 Å². The highest BCUT2D eigenvalue weighted by molar-refractivity contribution is 5.99. The van der Waals surface area contributed by atoms with Crippen LogP contribution < -0.4 is 5.43 Å². The first-order valence-electron chi connectivity index (χ1n) is 5.97. The normalized spacial score (nSPS) is 11.8. The van der Waals surface area contributed by atoms with Crippen LogP contribution in [0.5, 0.6) is 0 Å². The van der Waals surface area contributed by atoms with E-state index in [1.165, 1.54) is 24.3 Å². The van der Waals surface area contributed by atoms with E-state index in [0.29, 0.717) is 17.0 Å². The van der Waals surface area contributed by atoms with E-state index in [2.05, 4.69) is 10.5 Å². The molecule has 4 nitrogen and oxygen atoms in total. The summed E-state index contributed by atoms with van der Waals surface area (Å²) in [6.45, 7) is 1.74. The number of furan rings is 1. The average Bonchev–Trinajstić information content (AvgIpc) is 2.96. The van der Waals surface area contributed by atoms with Crippen molar-refractivity contribution in [1.29, 1.82) is 0 Å². The summed E-state index contributed by atoms with van der Waals surface area (Å²) in [4.78, 5) is 11.7. The fourth-order valence-electron chi connectivity index (χ4n) is 1.43. The quantitative estimate of drug-likeness (QED) is 0.686. The minimum atomic E-state index is -0.393. The molecule has 0 aliphatic rings. The van der Waals surface area contributed by atoms with Crippen molar-refractivity contribution in [3.63, 3.8) is 0 Å². The summed E-state index contributed by atoms with van der Waals surface area (Å²) in [5, 5.41) is 3.92. The van der Waals surface area contributed by atoms with Gasteiger partial charge in [-0.3, -0.25) is 4.79 Å². The van der Waals surface area contributed by atoms with Crippen LogP contribution in [0.15, 0.2) is 58.3 Å². The van der Waals surface area contributed by atoms with Crippen LogP contribution in [0.4, 0.5) is 4.39 Å². The summed E-state index contributed by atoms with van der Waals surface area (Å²) >= 11 is 0. The van der Waals surface area contributed by atoms with Crippen LogP contribution >= 0.6 is 0 Å². The van der Waals surface area contributed by atoms with E-state index in [9.17, 15) is 9.18 Å². The minimum absolute atomic E-state index is 0.345. The van der Waals surface area contributed by atoms with Crippen LogP contribution in [0.25, 0.3) is 6.08 Å². The first-order valence-corrected chi connectivity index (χ1v) is 5.97.